The molecule has 4 rings (SSSR count). The Morgan fingerprint density at radius 3 is 2.09 bits per heavy atom. The molecule has 0 atom stereocenters. The van der Waals surface area contributed by atoms with Crippen molar-refractivity contribution in [1.82, 2.24) is 10.2 Å². The van der Waals surface area contributed by atoms with Gasteiger partial charge in [0.1, 0.15) is 5.75 Å². The molecule has 8 heteroatoms. The molecule has 0 spiro atoms. The lowest BCUT2D eigenvalue weighted by Gasteiger charge is -2.16. The number of anilines is 1. The molecule has 3 aromatic carbocycles. The molecule has 1 amide bonds. The normalized spacial score (nSPS) is 10.7. The van der Waals surface area contributed by atoms with Crippen LogP contribution in [0.2, 0.25) is 0 Å². The first-order valence-electron chi connectivity index (χ1n) is 10.2. The Bertz CT molecular complexity index is 1170. The second-order valence-electron chi connectivity index (χ2n) is 7.06. The van der Waals surface area contributed by atoms with Crippen molar-refractivity contribution in [3.63, 3.8) is 0 Å². The number of carbonyl (C=O) groups is 2. The van der Waals surface area contributed by atoms with Gasteiger partial charge < -0.3 is 4.74 Å². The highest BCUT2D eigenvalue weighted by Gasteiger charge is 2.24. The van der Waals surface area contributed by atoms with Crippen LogP contribution in [0.3, 0.4) is 0 Å². The first kappa shape index (κ1) is 22.7. The van der Waals surface area contributed by atoms with Crippen LogP contribution in [0.25, 0.3) is 0 Å². The number of methoxy groups -OCH3 is 1. The smallest absolute Gasteiger partial charge is 0.238 e. The van der Waals surface area contributed by atoms with E-state index < -0.39 is 5.92 Å². The number of Topliss-reactive ketones (excluding diaryl/α,β-unsaturated/α-hetero) is 1. The number of benzene rings is 3. The molecule has 33 heavy (non-hydrogen) atoms. The molecule has 0 aliphatic heterocycles. The van der Waals surface area contributed by atoms with Crippen LogP contribution in [0.5, 0.6) is 5.75 Å². The number of rotatable bonds is 9. The summed E-state index contributed by atoms with van der Waals surface area (Å²) in [6, 6.07) is 26.2. The van der Waals surface area contributed by atoms with E-state index in [-0.39, 0.29) is 17.4 Å². The minimum atomic E-state index is -0.468. The molecular formula is C25H21N3O3S2. The Kier molecular flexibility index (Phi) is 7.49. The summed E-state index contributed by atoms with van der Waals surface area (Å²) in [7, 11) is 1.58. The highest BCUT2D eigenvalue weighted by Crippen LogP contribution is 2.30. The Labute approximate surface area is 200 Å². The van der Waals surface area contributed by atoms with Crippen molar-refractivity contribution in [3.05, 3.63) is 102 Å². The molecule has 0 radical (unpaired) electrons. The summed E-state index contributed by atoms with van der Waals surface area (Å²) in [5.41, 5.74) is 2.39. The molecule has 0 aliphatic carbocycles. The summed E-state index contributed by atoms with van der Waals surface area (Å²) in [5.74, 6) is 0.258. The monoisotopic (exact) mass is 475 g/mol. The Morgan fingerprint density at radius 1 is 0.909 bits per heavy atom. The van der Waals surface area contributed by atoms with Crippen molar-refractivity contribution in [2.24, 2.45) is 0 Å². The standard InChI is InChI=1S/C25H21N3O3S2/c1-31-20-14-12-17(13-15-20)21(29)16-32-25-28-27-24(33-25)26-23(30)22(18-8-4-2-5-9-18)19-10-6-3-7-11-19/h2-15,22H,16H2,1H3,(H,26,27,30). The lowest BCUT2D eigenvalue weighted by atomic mass is 9.90. The summed E-state index contributed by atoms with van der Waals surface area (Å²) in [4.78, 5) is 25.6. The highest BCUT2D eigenvalue weighted by atomic mass is 32.2. The van der Waals surface area contributed by atoms with Gasteiger partial charge in [-0.3, -0.25) is 14.9 Å². The van der Waals surface area contributed by atoms with Gasteiger partial charge in [0.05, 0.1) is 18.8 Å². The van der Waals surface area contributed by atoms with Gasteiger partial charge in [0.25, 0.3) is 0 Å². The molecule has 1 heterocycles. The molecular weight excluding hydrogens is 454 g/mol. The van der Waals surface area contributed by atoms with E-state index >= 15 is 0 Å². The third-order valence-corrected chi connectivity index (χ3v) is 6.88. The number of carbonyl (C=O) groups excluding carboxylic acids is 2. The number of nitrogens with zero attached hydrogens (tertiary/aromatic N) is 2. The number of hydrogen-bond acceptors (Lipinski definition) is 7. The van der Waals surface area contributed by atoms with Gasteiger partial charge in [0.2, 0.25) is 11.0 Å². The molecule has 1 N–H and O–H groups in total. The maximum atomic E-state index is 13.2. The van der Waals surface area contributed by atoms with E-state index in [9.17, 15) is 9.59 Å². The number of ether oxygens (including phenoxy) is 1. The van der Waals surface area contributed by atoms with E-state index in [2.05, 4.69) is 15.5 Å². The fourth-order valence-corrected chi connectivity index (χ4v) is 4.92. The van der Waals surface area contributed by atoms with E-state index in [0.717, 1.165) is 11.1 Å². The molecule has 0 saturated carbocycles. The molecule has 1 aromatic heterocycles. The zero-order valence-electron chi connectivity index (χ0n) is 17.8. The molecule has 0 saturated heterocycles. The van der Waals surface area contributed by atoms with Crippen LogP contribution in [0.1, 0.15) is 27.4 Å². The third-order valence-electron chi connectivity index (χ3n) is 4.90. The number of nitrogens with one attached hydrogen (secondary N) is 1. The van der Waals surface area contributed by atoms with Crippen LogP contribution in [0, 0.1) is 0 Å². The maximum absolute atomic E-state index is 13.2. The fourth-order valence-electron chi connectivity index (χ4n) is 3.27. The predicted octanol–water partition coefficient (Wildman–Crippen LogP) is 5.29. The van der Waals surface area contributed by atoms with Crippen molar-refractivity contribution in [3.8, 4) is 5.75 Å². The highest BCUT2D eigenvalue weighted by molar-refractivity contribution is 8.01. The lowest BCUT2D eigenvalue weighted by molar-refractivity contribution is -0.116. The van der Waals surface area contributed by atoms with Crippen molar-refractivity contribution in [1.29, 1.82) is 0 Å². The minimum absolute atomic E-state index is 0.0170. The summed E-state index contributed by atoms with van der Waals surface area (Å²) in [6.07, 6.45) is 0. The quantitative estimate of drug-likeness (QED) is 0.201. The van der Waals surface area contributed by atoms with Crippen molar-refractivity contribution >= 4 is 39.9 Å². The number of aromatic nitrogens is 2. The summed E-state index contributed by atoms with van der Waals surface area (Å²) >= 11 is 2.54. The zero-order valence-corrected chi connectivity index (χ0v) is 19.4. The van der Waals surface area contributed by atoms with Crippen molar-refractivity contribution < 1.29 is 14.3 Å². The SMILES string of the molecule is COc1ccc(C(=O)CSc2nnc(NC(=O)C(c3ccccc3)c3ccccc3)s2)cc1. The second kappa shape index (κ2) is 10.9. The van der Waals surface area contributed by atoms with Crippen LogP contribution in [0.4, 0.5) is 5.13 Å². The van der Waals surface area contributed by atoms with Crippen LogP contribution in [-0.2, 0) is 4.79 Å². The molecule has 0 bridgehead atoms. The molecule has 0 unspecified atom stereocenters. The number of amides is 1. The average molecular weight is 476 g/mol. The first-order valence-corrected chi connectivity index (χ1v) is 12.0. The predicted molar refractivity (Wildman–Crippen MR) is 131 cm³/mol. The third kappa shape index (κ3) is 5.85. The Balaban J connectivity index is 1.41. The zero-order chi connectivity index (χ0) is 23.0. The Morgan fingerprint density at radius 2 is 1.52 bits per heavy atom. The summed E-state index contributed by atoms with van der Waals surface area (Å²) < 4.78 is 5.73. The average Bonchev–Trinajstić information content (AvgIpc) is 3.31. The van der Waals surface area contributed by atoms with Gasteiger partial charge >= 0.3 is 0 Å². The first-order chi connectivity index (χ1) is 16.1. The molecule has 4 aromatic rings. The molecule has 6 nitrogen and oxygen atoms in total. The van der Waals surface area contributed by atoms with E-state index in [1.807, 2.05) is 60.7 Å². The number of thioether (sulfide) groups is 1. The maximum Gasteiger partial charge on any atom is 0.238 e. The molecule has 166 valence electrons. The second-order valence-corrected chi connectivity index (χ2v) is 9.26. The van der Waals surface area contributed by atoms with Crippen LogP contribution >= 0.6 is 23.1 Å². The van der Waals surface area contributed by atoms with E-state index in [4.69, 9.17) is 4.74 Å². The van der Waals surface area contributed by atoms with Crippen molar-refractivity contribution in [2.75, 3.05) is 18.2 Å². The Hall–Kier alpha value is -3.49. The van der Waals surface area contributed by atoms with Gasteiger partial charge in [0, 0.05) is 5.56 Å². The van der Waals surface area contributed by atoms with Gasteiger partial charge in [-0.25, -0.2) is 0 Å². The van der Waals surface area contributed by atoms with Gasteiger partial charge in [-0.2, -0.15) is 0 Å². The van der Waals surface area contributed by atoms with E-state index in [0.29, 0.717) is 20.8 Å². The van der Waals surface area contributed by atoms with Crippen LogP contribution in [0.15, 0.2) is 89.3 Å². The summed E-state index contributed by atoms with van der Waals surface area (Å²) in [5, 5.41) is 11.5. The van der Waals surface area contributed by atoms with Gasteiger partial charge in [-0.15, -0.1) is 10.2 Å². The fraction of sp³-hybridized carbons (Fsp3) is 0.120. The number of ketones is 1. The molecule has 0 aliphatic rings. The minimum Gasteiger partial charge on any atom is -0.497 e. The number of hydrogen-bond donors (Lipinski definition) is 1. The lowest BCUT2D eigenvalue weighted by Crippen LogP contribution is -2.22. The van der Waals surface area contributed by atoms with Gasteiger partial charge in [-0.05, 0) is 35.4 Å². The van der Waals surface area contributed by atoms with Gasteiger partial charge in [0.15, 0.2) is 10.1 Å². The van der Waals surface area contributed by atoms with E-state index in [1.54, 1.807) is 31.4 Å². The topological polar surface area (TPSA) is 81.2 Å². The largest absolute Gasteiger partial charge is 0.497 e. The van der Waals surface area contributed by atoms with Crippen LogP contribution < -0.4 is 10.1 Å². The van der Waals surface area contributed by atoms with E-state index in [1.165, 1.54) is 23.1 Å². The molecule has 0 fully saturated rings. The summed E-state index contributed by atoms with van der Waals surface area (Å²) in [6.45, 7) is 0. The van der Waals surface area contributed by atoms with Crippen molar-refractivity contribution in [2.45, 2.75) is 10.3 Å². The van der Waals surface area contributed by atoms with Gasteiger partial charge in [-0.1, -0.05) is 83.8 Å². The van der Waals surface area contributed by atoms with Crippen LogP contribution in [-0.4, -0.2) is 34.8 Å².